The van der Waals surface area contributed by atoms with Gasteiger partial charge in [-0.15, -0.1) is 11.3 Å². The van der Waals surface area contributed by atoms with Crippen molar-refractivity contribution in [2.24, 2.45) is 0 Å². The van der Waals surface area contributed by atoms with E-state index in [2.05, 4.69) is 39.8 Å². The number of nitrogens with one attached hydrogen (secondary N) is 1. The first-order chi connectivity index (χ1) is 10.2. The second-order valence-corrected chi connectivity index (χ2v) is 5.87. The molecule has 0 aromatic carbocycles. The fourth-order valence-corrected chi connectivity index (χ4v) is 2.99. The molecule has 7 heteroatoms. The molecule has 0 saturated heterocycles. The SMILES string of the molecule is CC(C)n1c(-c2cccs2)nc2c(NCCO)ncnc21. The van der Waals surface area contributed by atoms with E-state index in [1.807, 2.05) is 11.4 Å². The van der Waals surface area contributed by atoms with Gasteiger partial charge in [0.1, 0.15) is 6.33 Å². The maximum atomic E-state index is 8.97. The fourth-order valence-electron chi connectivity index (χ4n) is 2.28. The molecule has 0 unspecified atom stereocenters. The molecule has 0 atom stereocenters. The van der Waals surface area contributed by atoms with Crippen LogP contribution in [0.3, 0.4) is 0 Å². The van der Waals surface area contributed by atoms with Crippen molar-refractivity contribution in [3.8, 4) is 10.7 Å². The number of fused-ring (bicyclic) bond motifs is 1. The van der Waals surface area contributed by atoms with Crippen molar-refractivity contribution in [1.29, 1.82) is 0 Å². The average molecular weight is 303 g/mol. The molecule has 2 N–H and O–H groups in total. The van der Waals surface area contributed by atoms with Gasteiger partial charge in [-0.1, -0.05) is 6.07 Å². The number of imidazole rings is 1. The Labute approximate surface area is 126 Å². The average Bonchev–Trinajstić information content (AvgIpc) is 3.11. The first kappa shape index (κ1) is 14.0. The fraction of sp³-hybridized carbons (Fsp3) is 0.357. The molecule has 0 saturated carbocycles. The van der Waals surface area contributed by atoms with Crippen LogP contribution in [0, 0.1) is 0 Å². The third-order valence-electron chi connectivity index (χ3n) is 3.14. The van der Waals surface area contributed by atoms with Crippen molar-refractivity contribution in [2.45, 2.75) is 19.9 Å². The molecule has 3 aromatic heterocycles. The summed E-state index contributed by atoms with van der Waals surface area (Å²) in [5, 5.41) is 14.1. The molecule has 0 aliphatic carbocycles. The first-order valence-electron chi connectivity index (χ1n) is 6.84. The van der Waals surface area contributed by atoms with E-state index in [9.17, 15) is 0 Å². The van der Waals surface area contributed by atoms with Crippen LogP contribution in [0.15, 0.2) is 23.8 Å². The highest BCUT2D eigenvalue weighted by molar-refractivity contribution is 7.13. The Balaban J connectivity index is 2.21. The predicted molar refractivity (Wildman–Crippen MR) is 84.6 cm³/mol. The van der Waals surface area contributed by atoms with Gasteiger partial charge in [0.25, 0.3) is 0 Å². The van der Waals surface area contributed by atoms with Gasteiger partial charge in [-0.3, -0.25) is 0 Å². The van der Waals surface area contributed by atoms with Crippen LogP contribution in [0.1, 0.15) is 19.9 Å². The van der Waals surface area contributed by atoms with Crippen LogP contribution in [-0.2, 0) is 0 Å². The molecule has 0 aliphatic rings. The second-order valence-electron chi connectivity index (χ2n) is 4.92. The molecule has 3 aromatic rings. The lowest BCUT2D eigenvalue weighted by Crippen LogP contribution is -2.08. The summed E-state index contributed by atoms with van der Waals surface area (Å²) in [6.45, 7) is 4.71. The molecular weight excluding hydrogens is 286 g/mol. The number of nitrogens with zero attached hydrogens (tertiary/aromatic N) is 4. The molecule has 110 valence electrons. The summed E-state index contributed by atoms with van der Waals surface area (Å²) < 4.78 is 2.12. The Morgan fingerprint density at radius 2 is 2.24 bits per heavy atom. The van der Waals surface area contributed by atoms with Crippen molar-refractivity contribution in [3.05, 3.63) is 23.8 Å². The minimum absolute atomic E-state index is 0.0498. The molecule has 0 radical (unpaired) electrons. The van der Waals surface area contributed by atoms with E-state index in [4.69, 9.17) is 10.1 Å². The van der Waals surface area contributed by atoms with Crippen molar-refractivity contribution >= 4 is 28.3 Å². The summed E-state index contributed by atoms with van der Waals surface area (Å²) in [4.78, 5) is 14.5. The largest absolute Gasteiger partial charge is 0.395 e. The van der Waals surface area contributed by atoms with Gasteiger partial charge in [0.2, 0.25) is 0 Å². The van der Waals surface area contributed by atoms with Crippen LogP contribution in [0.4, 0.5) is 5.82 Å². The summed E-state index contributed by atoms with van der Waals surface area (Å²) in [6.07, 6.45) is 1.53. The number of rotatable bonds is 5. The van der Waals surface area contributed by atoms with E-state index < -0.39 is 0 Å². The number of aliphatic hydroxyl groups is 1. The lowest BCUT2D eigenvalue weighted by Gasteiger charge is -2.11. The van der Waals surface area contributed by atoms with Crippen molar-refractivity contribution in [2.75, 3.05) is 18.5 Å². The lowest BCUT2D eigenvalue weighted by atomic mass is 10.3. The molecule has 0 amide bonds. The third-order valence-corrected chi connectivity index (χ3v) is 4.01. The Morgan fingerprint density at radius 1 is 1.38 bits per heavy atom. The molecule has 21 heavy (non-hydrogen) atoms. The standard InChI is InChI=1S/C14H17N5OS/c1-9(2)19-13(10-4-3-7-21-10)18-11-12(15-5-6-20)16-8-17-14(11)19/h3-4,7-9,20H,5-6H2,1-2H3,(H,15,16,17). The predicted octanol–water partition coefficient (Wildman–Crippen LogP) is 2.54. The van der Waals surface area contributed by atoms with Crippen molar-refractivity contribution in [3.63, 3.8) is 0 Å². The monoisotopic (exact) mass is 303 g/mol. The van der Waals surface area contributed by atoms with Gasteiger partial charge in [0, 0.05) is 12.6 Å². The molecule has 3 heterocycles. The normalized spacial score (nSPS) is 11.4. The molecule has 6 nitrogen and oxygen atoms in total. The van der Waals surface area contributed by atoms with Gasteiger partial charge in [0.15, 0.2) is 22.8 Å². The first-order valence-corrected chi connectivity index (χ1v) is 7.72. The molecule has 3 rings (SSSR count). The zero-order valence-electron chi connectivity index (χ0n) is 11.9. The number of hydrogen-bond donors (Lipinski definition) is 2. The van der Waals surface area contributed by atoms with E-state index in [1.54, 1.807) is 11.3 Å². The summed E-state index contributed by atoms with van der Waals surface area (Å²) in [7, 11) is 0. The third kappa shape index (κ3) is 2.50. The molecule has 0 aliphatic heterocycles. The van der Waals surface area contributed by atoms with Crippen LogP contribution in [0.2, 0.25) is 0 Å². The van der Waals surface area contributed by atoms with Crippen LogP contribution < -0.4 is 5.32 Å². The summed E-state index contributed by atoms with van der Waals surface area (Å²) in [5.41, 5.74) is 1.55. The molecule has 0 spiro atoms. The van der Waals surface area contributed by atoms with E-state index in [0.29, 0.717) is 12.4 Å². The Bertz CT molecular complexity index is 735. The second kappa shape index (κ2) is 5.79. The van der Waals surface area contributed by atoms with Gasteiger partial charge in [-0.05, 0) is 25.3 Å². The van der Waals surface area contributed by atoms with Crippen LogP contribution in [-0.4, -0.2) is 37.8 Å². The summed E-state index contributed by atoms with van der Waals surface area (Å²) in [5.74, 6) is 1.56. The minimum atomic E-state index is 0.0498. The van der Waals surface area contributed by atoms with Gasteiger partial charge < -0.3 is 15.0 Å². The van der Waals surface area contributed by atoms with E-state index in [1.165, 1.54) is 6.33 Å². The molecular formula is C14H17N5OS. The Morgan fingerprint density at radius 3 is 2.90 bits per heavy atom. The maximum absolute atomic E-state index is 8.97. The number of hydrogen-bond acceptors (Lipinski definition) is 6. The van der Waals surface area contributed by atoms with Crippen LogP contribution in [0.5, 0.6) is 0 Å². The summed E-state index contributed by atoms with van der Waals surface area (Å²) >= 11 is 1.65. The number of aliphatic hydroxyl groups excluding tert-OH is 1. The van der Waals surface area contributed by atoms with E-state index in [0.717, 1.165) is 21.9 Å². The highest BCUT2D eigenvalue weighted by Gasteiger charge is 2.19. The summed E-state index contributed by atoms with van der Waals surface area (Å²) in [6, 6.07) is 4.31. The van der Waals surface area contributed by atoms with E-state index >= 15 is 0 Å². The zero-order chi connectivity index (χ0) is 14.8. The molecule has 0 fully saturated rings. The van der Waals surface area contributed by atoms with Gasteiger partial charge in [0.05, 0.1) is 11.5 Å². The smallest absolute Gasteiger partial charge is 0.166 e. The minimum Gasteiger partial charge on any atom is -0.395 e. The van der Waals surface area contributed by atoms with Gasteiger partial charge in [-0.2, -0.15) is 0 Å². The molecule has 0 bridgehead atoms. The van der Waals surface area contributed by atoms with Crippen LogP contribution in [0.25, 0.3) is 21.9 Å². The quantitative estimate of drug-likeness (QED) is 0.757. The van der Waals surface area contributed by atoms with Crippen molar-refractivity contribution in [1.82, 2.24) is 19.5 Å². The Kier molecular flexibility index (Phi) is 3.85. The number of anilines is 1. The number of thiophene rings is 1. The highest BCUT2D eigenvalue weighted by Crippen LogP contribution is 2.31. The van der Waals surface area contributed by atoms with Gasteiger partial charge >= 0.3 is 0 Å². The van der Waals surface area contributed by atoms with E-state index in [-0.39, 0.29) is 12.6 Å². The topological polar surface area (TPSA) is 75.9 Å². The Hall–Kier alpha value is -1.99. The highest BCUT2D eigenvalue weighted by atomic mass is 32.1. The number of aromatic nitrogens is 4. The van der Waals surface area contributed by atoms with Gasteiger partial charge in [-0.25, -0.2) is 15.0 Å². The lowest BCUT2D eigenvalue weighted by molar-refractivity contribution is 0.311. The van der Waals surface area contributed by atoms with Crippen molar-refractivity contribution < 1.29 is 5.11 Å². The maximum Gasteiger partial charge on any atom is 0.166 e. The zero-order valence-corrected chi connectivity index (χ0v) is 12.8. The van der Waals surface area contributed by atoms with Crippen LogP contribution >= 0.6 is 11.3 Å².